The Kier molecular flexibility index (Phi) is 3.37. The average molecular weight is 260 g/mol. The maximum absolute atomic E-state index is 11.7. The molecule has 1 aromatic carbocycles. The molecule has 0 spiro atoms. The lowest BCUT2D eigenvalue weighted by Gasteiger charge is -2.05. The number of carbonyl (C=O) groups is 2. The van der Waals surface area contributed by atoms with Crippen LogP contribution in [0.2, 0.25) is 0 Å². The number of phenols is 1. The fraction of sp³-hybridized carbons (Fsp3) is 0. The van der Waals surface area contributed by atoms with Crippen molar-refractivity contribution in [3.05, 3.63) is 48.0 Å². The number of benzene rings is 1. The van der Waals surface area contributed by atoms with Crippen LogP contribution < -0.4 is 4.74 Å². The first-order chi connectivity index (χ1) is 9.08. The second-order valence-corrected chi connectivity index (χ2v) is 3.43. The second-order valence-electron chi connectivity index (χ2n) is 3.43. The monoisotopic (exact) mass is 260 g/mol. The van der Waals surface area contributed by atoms with Gasteiger partial charge in [0.05, 0.1) is 0 Å². The number of phenolic OH excluding ortho intramolecular Hbond substituents is 1. The molecule has 96 valence electrons. The van der Waals surface area contributed by atoms with Crippen LogP contribution in [-0.4, -0.2) is 32.1 Å². The molecule has 0 unspecified atom stereocenters. The lowest BCUT2D eigenvalue weighted by molar-refractivity contribution is 0.0682. The molecule has 0 fully saturated rings. The Balaban J connectivity index is 2.23. The van der Waals surface area contributed by atoms with Gasteiger partial charge >= 0.3 is 11.9 Å². The van der Waals surface area contributed by atoms with Gasteiger partial charge in [-0.05, 0) is 18.2 Å². The molecule has 2 N–H and O–H groups in total. The SMILES string of the molecule is O=C(Oc1ccccc1O)c1ccnc(C(=O)O)n1. The molecule has 7 heteroatoms. The van der Waals surface area contributed by atoms with E-state index in [2.05, 4.69) is 9.97 Å². The van der Waals surface area contributed by atoms with Gasteiger partial charge in [0.2, 0.25) is 5.82 Å². The van der Waals surface area contributed by atoms with Gasteiger partial charge in [-0.25, -0.2) is 19.6 Å². The summed E-state index contributed by atoms with van der Waals surface area (Å²) in [5.41, 5.74) is -0.212. The van der Waals surface area contributed by atoms with Crippen molar-refractivity contribution in [2.45, 2.75) is 0 Å². The minimum atomic E-state index is -1.35. The van der Waals surface area contributed by atoms with Gasteiger partial charge < -0.3 is 14.9 Å². The predicted molar refractivity (Wildman–Crippen MR) is 62.1 cm³/mol. The standard InChI is InChI=1S/C12H8N2O5/c15-8-3-1-2-4-9(8)19-12(18)7-5-6-13-10(14-7)11(16)17/h1-6,15H,(H,16,17). The number of rotatable bonds is 3. The summed E-state index contributed by atoms with van der Waals surface area (Å²) in [5.74, 6) is -2.98. The number of esters is 1. The van der Waals surface area contributed by atoms with Gasteiger partial charge in [-0.2, -0.15) is 0 Å². The predicted octanol–water partition coefficient (Wildman–Crippen LogP) is 1.10. The third-order valence-corrected chi connectivity index (χ3v) is 2.12. The van der Waals surface area contributed by atoms with Crippen LogP contribution in [0.3, 0.4) is 0 Å². The number of ether oxygens (including phenoxy) is 1. The number of carboxylic acids is 1. The summed E-state index contributed by atoms with van der Waals surface area (Å²) in [6, 6.07) is 7.11. The molecule has 1 aromatic heterocycles. The smallest absolute Gasteiger partial charge is 0.373 e. The highest BCUT2D eigenvalue weighted by Gasteiger charge is 2.15. The van der Waals surface area contributed by atoms with Gasteiger partial charge in [-0.1, -0.05) is 12.1 Å². The molecular weight excluding hydrogens is 252 g/mol. The summed E-state index contributed by atoms with van der Waals surface area (Å²) in [5, 5.41) is 18.2. The summed E-state index contributed by atoms with van der Waals surface area (Å²) in [7, 11) is 0. The lowest BCUT2D eigenvalue weighted by Crippen LogP contribution is -2.14. The average Bonchev–Trinajstić information content (AvgIpc) is 2.41. The molecular formula is C12H8N2O5. The van der Waals surface area contributed by atoms with E-state index in [1.807, 2.05) is 0 Å². The first-order valence-electron chi connectivity index (χ1n) is 5.14. The largest absolute Gasteiger partial charge is 0.504 e. The summed E-state index contributed by atoms with van der Waals surface area (Å²) in [6.07, 6.45) is 1.14. The highest BCUT2D eigenvalue weighted by Crippen LogP contribution is 2.24. The number of carbonyl (C=O) groups excluding carboxylic acids is 1. The Morgan fingerprint density at radius 2 is 1.89 bits per heavy atom. The van der Waals surface area contributed by atoms with Crippen LogP contribution in [0.25, 0.3) is 0 Å². The van der Waals surface area contributed by atoms with Crippen LogP contribution in [0.15, 0.2) is 36.5 Å². The molecule has 0 aliphatic rings. The first kappa shape index (κ1) is 12.5. The van der Waals surface area contributed by atoms with Crippen LogP contribution in [0.1, 0.15) is 21.1 Å². The molecule has 0 saturated heterocycles. The third kappa shape index (κ3) is 2.83. The Bertz CT molecular complexity index is 642. The zero-order valence-electron chi connectivity index (χ0n) is 9.48. The number of para-hydroxylation sites is 2. The quantitative estimate of drug-likeness (QED) is 0.628. The number of aromatic hydroxyl groups is 1. The van der Waals surface area contributed by atoms with E-state index in [1.165, 1.54) is 18.2 Å². The molecule has 2 rings (SSSR count). The van der Waals surface area contributed by atoms with Crippen LogP contribution in [0.4, 0.5) is 0 Å². The number of hydrogen-bond acceptors (Lipinski definition) is 6. The van der Waals surface area contributed by atoms with Gasteiger partial charge in [0.1, 0.15) is 0 Å². The summed E-state index contributed by atoms with van der Waals surface area (Å²) in [4.78, 5) is 29.4. The van der Waals surface area contributed by atoms with Crippen molar-refractivity contribution in [2.75, 3.05) is 0 Å². The number of aromatic carboxylic acids is 1. The highest BCUT2D eigenvalue weighted by atomic mass is 16.5. The number of nitrogens with zero attached hydrogens (tertiary/aromatic N) is 2. The zero-order valence-corrected chi connectivity index (χ0v) is 9.48. The van der Waals surface area contributed by atoms with Crippen LogP contribution >= 0.6 is 0 Å². The van der Waals surface area contributed by atoms with E-state index in [9.17, 15) is 14.7 Å². The number of hydrogen-bond donors (Lipinski definition) is 2. The van der Waals surface area contributed by atoms with Crippen molar-refractivity contribution in [3.63, 3.8) is 0 Å². The van der Waals surface area contributed by atoms with Crippen molar-refractivity contribution < 1.29 is 24.5 Å². The molecule has 0 saturated carbocycles. The Morgan fingerprint density at radius 1 is 1.16 bits per heavy atom. The normalized spacial score (nSPS) is 9.89. The Hall–Kier alpha value is -2.96. The molecule has 19 heavy (non-hydrogen) atoms. The van der Waals surface area contributed by atoms with Crippen molar-refractivity contribution in [2.24, 2.45) is 0 Å². The molecule has 0 aliphatic carbocycles. The van der Waals surface area contributed by atoms with Gasteiger partial charge in [0, 0.05) is 6.20 Å². The van der Waals surface area contributed by atoms with Crippen LogP contribution in [0.5, 0.6) is 11.5 Å². The summed E-state index contributed by atoms with van der Waals surface area (Å²) >= 11 is 0. The number of aromatic nitrogens is 2. The molecule has 0 radical (unpaired) electrons. The molecule has 2 aromatic rings. The maximum Gasteiger partial charge on any atom is 0.373 e. The van der Waals surface area contributed by atoms with E-state index >= 15 is 0 Å². The van der Waals surface area contributed by atoms with Crippen molar-refractivity contribution in [1.29, 1.82) is 0 Å². The van der Waals surface area contributed by atoms with Crippen molar-refractivity contribution in [1.82, 2.24) is 9.97 Å². The fourth-order valence-electron chi connectivity index (χ4n) is 1.27. The maximum atomic E-state index is 11.7. The fourth-order valence-corrected chi connectivity index (χ4v) is 1.27. The van der Waals surface area contributed by atoms with E-state index in [0.29, 0.717) is 0 Å². The Morgan fingerprint density at radius 3 is 2.58 bits per heavy atom. The van der Waals surface area contributed by atoms with Gasteiger partial charge in [0.15, 0.2) is 17.2 Å². The molecule has 0 atom stereocenters. The van der Waals surface area contributed by atoms with Crippen molar-refractivity contribution in [3.8, 4) is 11.5 Å². The number of carboxylic acid groups (broad SMARTS) is 1. The minimum absolute atomic E-state index is 0.0389. The third-order valence-electron chi connectivity index (χ3n) is 2.12. The second kappa shape index (κ2) is 5.13. The van der Waals surface area contributed by atoms with E-state index in [0.717, 1.165) is 6.20 Å². The van der Waals surface area contributed by atoms with Crippen LogP contribution in [-0.2, 0) is 0 Å². The highest BCUT2D eigenvalue weighted by molar-refractivity contribution is 5.91. The minimum Gasteiger partial charge on any atom is -0.504 e. The van der Waals surface area contributed by atoms with Crippen molar-refractivity contribution >= 4 is 11.9 Å². The first-order valence-corrected chi connectivity index (χ1v) is 5.14. The van der Waals surface area contributed by atoms with Crippen LogP contribution in [0, 0.1) is 0 Å². The van der Waals surface area contributed by atoms with E-state index < -0.39 is 17.8 Å². The topological polar surface area (TPSA) is 110 Å². The van der Waals surface area contributed by atoms with Gasteiger partial charge in [0.25, 0.3) is 0 Å². The zero-order chi connectivity index (χ0) is 13.8. The molecule has 1 heterocycles. The molecule has 0 bridgehead atoms. The molecule has 0 aliphatic heterocycles. The van der Waals surface area contributed by atoms with E-state index in [1.54, 1.807) is 12.1 Å². The van der Waals surface area contributed by atoms with Gasteiger partial charge in [-0.15, -0.1) is 0 Å². The Labute approximate surface area is 107 Å². The lowest BCUT2D eigenvalue weighted by atomic mass is 10.3. The van der Waals surface area contributed by atoms with Gasteiger partial charge in [-0.3, -0.25) is 0 Å². The van der Waals surface area contributed by atoms with E-state index in [-0.39, 0.29) is 17.2 Å². The summed E-state index contributed by atoms with van der Waals surface area (Å²) < 4.78 is 4.89. The van der Waals surface area contributed by atoms with E-state index in [4.69, 9.17) is 9.84 Å². The molecule has 0 amide bonds. The summed E-state index contributed by atoms with van der Waals surface area (Å²) in [6.45, 7) is 0. The molecule has 7 nitrogen and oxygen atoms in total.